The second-order valence-corrected chi connectivity index (χ2v) is 8.72. The molecule has 3 N–H and O–H groups in total. The van der Waals surface area contributed by atoms with Gasteiger partial charge in [0.15, 0.2) is 5.82 Å². The van der Waals surface area contributed by atoms with E-state index in [-0.39, 0.29) is 23.6 Å². The Balaban J connectivity index is 1.47. The number of nitrogens with one attached hydrogen (secondary N) is 3. The smallest absolute Gasteiger partial charge is 0.379 e. The van der Waals surface area contributed by atoms with E-state index in [4.69, 9.17) is 4.74 Å². The molecule has 176 valence electrons. The minimum Gasteiger partial charge on any atom is -0.379 e. The van der Waals surface area contributed by atoms with E-state index in [1.807, 2.05) is 4.68 Å². The van der Waals surface area contributed by atoms with E-state index in [0.717, 1.165) is 19.3 Å². The summed E-state index contributed by atoms with van der Waals surface area (Å²) in [5, 5.41) is 10.9. The zero-order chi connectivity index (χ0) is 23.1. The van der Waals surface area contributed by atoms with Gasteiger partial charge in [-0.05, 0) is 62.4 Å². The van der Waals surface area contributed by atoms with Crippen molar-refractivity contribution in [3.05, 3.63) is 52.4 Å². The standard InChI is InChI=1S/C23H26F3N5O2/c24-23(25,26)22(10-1-2-11-28-22)15-5-7-16(8-6-15)29-20-19-18(9-12-27-21(19)32)31(30-20)17-4-3-13-33-14-17/h5-9,12,17,28H,1-4,10-11,13-14H2,(H,27,32)(H,29,30). The van der Waals surface area contributed by atoms with E-state index in [1.54, 1.807) is 24.4 Å². The number of rotatable bonds is 4. The van der Waals surface area contributed by atoms with Crippen molar-refractivity contribution in [2.45, 2.75) is 49.9 Å². The van der Waals surface area contributed by atoms with Gasteiger partial charge in [0.2, 0.25) is 0 Å². The lowest BCUT2D eigenvalue weighted by Gasteiger charge is -2.40. The lowest BCUT2D eigenvalue weighted by Crippen LogP contribution is -2.56. The second kappa shape index (κ2) is 8.49. The van der Waals surface area contributed by atoms with Gasteiger partial charge in [-0.2, -0.15) is 18.3 Å². The first-order valence-corrected chi connectivity index (χ1v) is 11.3. The Morgan fingerprint density at radius 2 is 1.97 bits per heavy atom. The highest BCUT2D eigenvalue weighted by Gasteiger charge is 2.55. The van der Waals surface area contributed by atoms with E-state index >= 15 is 0 Å². The second-order valence-electron chi connectivity index (χ2n) is 8.72. The monoisotopic (exact) mass is 461 g/mol. The van der Waals surface area contributed by atoms with Gasteiger partial charge >= 0.3 is 6.18 Å². The molecule has 7 nitrogen and oxygen atoms in total. The lowest BCUT2D eigenvalue weighted by molar-refractivity contribution is -0.207. The highest BCUT2D eigenvalue weighted by Crippen LogP contribution is 2.44. The number of alkyl halides is 3. The number of H-pyrrole nitrogens is 1. The first kappa shape index (κ1) is 22.0. The molecule has 4 heterocycles. The minimum absolute atomic E-state index is 0.0111. The van der Waals surface area contributed by atoms with E-state index < -0.39 is 11.7 Å². The number of nitrogens with zero attached hydrogens (tertiary/aromatic N) is 2. The maximum atomic E-state index is 14.0. The molecule has 10 heteroatoms. The van der Waals surface area contributed by atoms with Crippen LogP contribution in [-0.2, 0) is 10.3 Å². The summed E-state index contributed by atoms with van der Waals surface area (Å²) in [4.78, 5) is 15.3. The molecule has 3 aromatic rings. The molecule has 5 rings (SSSR count). The van der Waals surface area contributed by atoms with Gasteiger partial charge in [-0.1, -0.05) is 12.1 Å². The number of piperidine rings is 1. The number of hydrogen-bond donors (Lipinski definition) is 3. The Morgan fingerprint density at radius 3 is 2.64 bits per heavy atom. The van der Waals surface area contributed by atoms with Crippen LogP contribution in [0.5, 0.6) is 0 Å². The van der Waals surface area contributed by atoms with Crippen LogP contribution in [0.15, 0.2) is 41.3 Å². The summed E-state index contributed by atoms with van der Waals surface area (Å²) >= 11 is 0. The zero-order valence-electron chi connectivity index (χ0n) is 18.0. The van der Waals surface area contributed by atoms with Crippen molar-refractivity contribution >= 4 is 22.4 Å². The Bertz CT molecular complexity index is 1170. The van der Waals surface area contributed by atoms with Crippen molar-refractivity contribution in [3.8, 4) is 0 Å². The number of aromatic nitrogens is 3. The Hall–Kier alpha value is -2.85. The van der Waals surface area contributed by atoms with E-state index in [9.17, 15) is 18.0 Å². The number of hydrogen-bond acceptors (Lipinski definition) is 5. The predicted octanol–water partition coefficient (Wildman–Crippen LogP) is 4.35. The van der Waals surface area contributed by atoms with Crippen molar-refractivity contribution in [2.75, 3.05) is 25.1 Å². The van der Waals surface area contributed by atoms with Crippen LogP contribution in [0, 0.1) is 0 Å². The van der Waals surface area contributed by atoms with E-state index in [2.05, 4.69) is 20.7 Å². The van der Waals surface area contributed by atoms with Crippen LogP contribution in [0.2, 0.25) is 0 Å². The maximum Gasteiger partial charge on any atom is 0.410 e. The van der Waals surface area contributed by atoms with Crippen LogP contribution in [0.3, 0.4) is 0 Å². The van der Waals surface area contributed by atoms with E-state index in [0.29, 0.717) is 48.6 Å². The molecule has 2 aliphatic heterocycles. The van der Waals surface area contributed by atoms with Crippen LogP contribution in [0.1, 0.15) is 43.7 Å². The van der Waals surface area contributed by atoms with Gasteiger partial charge in [-0.3, -0.25) is 14.8 Å². The Labute approximate surface area is 188 Å². The van der Waals surface area contributed by atoms with Crippen molar-refractivity contribution in [2.24, 2.45) is 0 Å². The summed E-state index contributed by atoms with van der Waals surface area (Å²) in [6.45, 7) is 1.56. The van der Waals surface area contributed by atoms with Gasteiger partial charge in [-0.25, -0.2) is 0 Å². The molecule has 2 fully saturated rings. The largest absolute Gasteiger partial charge is 0.410 e. The van der Waals surface area contributed by atoms with Gasteiger partial charge in [0.1, 0.15) is 10.9 Å². The van der Waals surface area contributed by atoms with Gasteiger partial charge in [0.05, 0.1) is 18.2 Å². The zero-order valence-corrected chi connectivity index (χ0v) is 18.0. The number of fused-ring (bicyclic) bond motifs is 1. The number of anilines is 2. The third kappa shape index (κ3) is 3.91. The van der Waals surface area contributed by atoms with Gasteiger partial charge < -0.3 is 15.0 Å². The first-order valence-electron chi connectivity index (χ1n) is 11.3. The maximum absolute atomic E-state index is 14.0. The van der Waals surface area contributed by atoms with Crippen LogP contribution >= 0.6 is 0 Å². The molecule has 2 aliphatic rings. The van der Waals surface area contributed by atoms with Gasteiger partial charge in [0, 0.05) is 18.5 Å². The highest BCUT2D eigenvalue weighted by molar-refractivity contribution is 5.91. The summed E-state index contributed by atoms with van der Waals surface area (Å²) in [5.74, 6) is 0.367. The molecule has 0 radical (unpaired) electrons. The third-order valence-electron chi connectivity index (χ3n) is 6.64. The van der Waals surface area contributed by atoms with Crippen molar-refractivity contribution in [1.82, 2.24) is 20.1 Å². The Kier molecular flexibility index (Phi) is 5.65. The van der Waals surface area contributed by atoms with Crippen LogP contribution in [0.25, 0.3) is 10.9 Å². The Morgan fingerprint density at radius 1 is 1.15 bits per heavy atom. The molecule has 0 aliphatic carbocycles. The fourth-order valence-electron chi connectivity index (χ4n) is 4.91. The molecule has 1 aromatic carbocycles. The molecule has 2 unspecified atom stereocenters. The summed E-state index contributed by atoms with van der Waals surface area (Å²) in [6, 6.07) is 8.01. The molecular weight excluding hydrogens is 435 g/mol. The molecule has 2 atom stereocenters. The number of halogens is 3. The summed E-state index contributed by atoms with van der Waals surface area (Å²) in [6.07, 6.45) is 0.249. The molecule has 0 saturated carbocycles. The molecule has 2 saturated heterocycles. The summed E-state index contributed by atoms with van der Waals surface area (Å²) in [5.41, 5.74) is -0.877. The first-order chi connectivity index (χ1) is 15.9. The van der Waals surface area contributed by atoms with Crippen molar-refractivity contribution < 1.29 is 17.9 Å². The quantitative estimate of drug-likeness (QED) is 0.538. The highest BCUT2D eigenvalue weighted by atomic mass is 19.4. The lowest BCUT2D eigenvalue weighted by atomic mass is 9.81. The third-order valence-corrected chi connectivity index (χ3v) is 6.64. The SMILES string of the molecule is O=c1[nH]ccc2c1c(Nc1ccc(C3(C(F)(F)F)CCCCN3)cc1)nn2C1CCCOC1. The fraction of sp³-hybridized carbons (Fsp3) is 0.478. The normalized spacial score (nSPS) is 24.2. The topological polar surface area (TPSA) is 84.0 Å². The van der Waals surface area contributed by atoms with Crippen molar-refractivity contribution in [3.63, 3.8) is 0 Å². The molecule has 33 heavy (non-hydrogen) atoms. The molecule has 0 amide bonds. The number of pyridine rings is 1. The minimum atomic E-state index is -4.40. The molecule has 2 aromatic heterocycles. The summed E-state index contributed by atoms with van der Waals surface area (Å²) < 4.78 is 49.4. The molecular formula is C23H26F3N5O2. The van der Waals surface area contributed by atoms with Crippen LogP contribution < -0.4 is 16.2 Å². The summed E-state index contributed by atoms with van der Waals surface area (Å²) in [7, 11) is 0. The average Bonchev–Trinajstić information content (AvgIpc) is 3.19. The van der Waals surface area contributed by atoms with Crippen molar-refractivity contribution in [1.29, 1.82) is 0 Å². The van der Waals surface area contributed by atoms with Gasteiger partial charge in [-0.15, -0.1) is 0 Å². The molecule has 0 spiro atoms. The van der Waals surface area contributed by atoms with Crippen LogP contribution in [0.4, 0.5) is 24.7 Å². The van der Waals surface area contributed by atoms with Gasteiger partial charge in [0.25, 0.3) is 5.56 Å². The number of aromatic amines is 1. The molecule has 0 bridgehead atoms. The number of benzene rings is 1. The predicted molar refractivity (Wildman–Crippen MR) is 119 cm³/mol. The van der Waals surface area contributed by atoms with E-state index in [1.165, 1.54) is 12.1 Å². The average molecular weight is 461 g/mol. The number of ether oxygens (including phenoxy) is 1. The fourth-order valence-corrected chi connectivity index (χ4v) is 4.91. The van der Waals surface area contributed by atoms with Crippen LogP contribution in [-0.4, -0.2) is 40.7 Å².